The van der Waals surface area contributed by atoms with Crippen molar-refractivity contribution < 1.29 is 9.47 Å². The van der Waals surface area contributed by atoms with E-state index >= 15 is 0 Å². The monoisotopic (exact) mass is 308 g/mol. The lowest BCUT2D eigenvalue weighted by molar-refractivity contribution is 0.395. The number of aromatic nitrogens is 1. The number of aryl methyl sites for hydroxylation is 2. The van der Waals surface area contributed by atoms with Gasteiger partial charge in [-0.3, -0.25) is 4.98 Å². The third-order valence-corrected chi connectivity index (χ3v) is 4.07. The van der Waals surface area contributed by atoms with Crippen LogP contribution in [-0.4, -0.2) is 19.2 Å². The zero-order valence-corrected chi connectivity index (χ0v) is 13.8. The minimum atomic E-state index is 0.747. The maximum atomic E-state index is 5.33. The van der Waals surface area contributed by atoms with E-state index in [0.717, 1.165) is 33.8 Å². The lowest BCUT2D eigenvalue weighted by atomic mass is 10.0. The average molecular weight is 308 g/mol. The summed E-state index contributed by atoms with van der Waals surface area (Å²) in [5.74, 6) is 1.49. The van der Waals surface area contributed by atoms with Gasteiger partial charge in [-0.1, -0.05) is 12.1 Å². The maximum Gasteiger partial charge on any atom is 0.124 e. The van der Waals surface area contributed by atoms with Crippen LogP contribution in [0, 0.1) is 13.8 Å². The summed E-state index contributed by atoms with van der Waals surface area (Å²) in [6.07, 6.45) is 1.83. The van der Waals surface area contributed by atoms with E-state index < -0.39 is 0 Å². The number of hydrogen-bond donors (Lipinski definition) is 1. The SMILES string of the molecule is COc1cc(Nc2ccnc3c(C)c(C)ccc23)cc(OC)c1. The van der Waals surface area contributed by atoms with Crippen LogP contribution in [0.4, 0.5) is 11.4 Å². The van der Waals surface area contributed by atoms with E-state index in [9.17, 15) is 0 Å². The number of nitrogens with one attached hydrogen (secondary N) is 1. The van der Waals surface area contributed by atoms with Crippen molar-refractivity contribution in [2.24, 2.45) is 0 Å². The zero-order valence-electron chi connectivity index (χ0n) is 13.8. The standard InChI is InChI=1S/C19H20N2O2/c1-12-5-6-17-18(7-8-20-19(17)13(12)2)21-14-9-15(22-3)11-16(10-14)23-4/h5-11H,1-4H3,(H,20,21). The van der Waals surface area contributed by atoms with Gasteiger partial charge in [-0.05, 0) is 31.0 Å². The molecule has 0 spiro atoms. The molecule has 0 saturated heterocycles. The van der Waals surface area contributed by atoms with Crippen molar-refractivity contribution in [3.8, 4) is 11.5 Å². The highest BCUT2D eigenvalue weighted by molar-refractivity contribution is 5.95. The highest BCUT2D eigenvalue weighted by Gasteiger charge is 2.08. The molecule has 3 aromatic rings. The van der Waals surface area contributed by atoms with Crippen molar-refractivity contribution in [2.75, 3.05) is 19.5 Å². The molecular formula is C19H20N2O2. The largest absolute Gasteiger partial charge is 0.497 e. The molecule has 2 aromatic carbocycles. The Labute approximate surface area is 136 Å². The Kier molecular flexibility index (Phi) is 4.06. The van der Waals surface area contributed by atoms with Gasteiger partial charge in [0, 0.05) is 41.2 Å². The first-order valence-corrected chi connectivity index (χ1v) is 7.47. The van der Waals surface area contributed by atoms with Crippen LogP contribution in [0.3, 0.4) is 0 Å². The molecule has 3 rings (SSSR count). The highest BCUT2D eigenvalue weighted by Crippen LogP contribution is 2.31. The van der Waals surface area contributed by atoms with Gasteiger partial charge in [0.05, 0.1) is 19.7 Å². The van der Waals surface area contributed by atoms with Crippen molar-refractivity contribution in [2.45, 2.75) is 13.8 Å². The van der Waals surface area contributed by atoms with Gasteiger partial charge in [0.25, 0.3) is 0 Å². The van der Waals surface area contributed by atoms with Crippen LogP contribution in [0.5, 0.6) is 11.5 Å². The fourth-order valence-electron chi connectivity index (χ4n) is 2.60. The summed E-state index contributed by atoms with van der Waals surface area (Å²) >= 11 is 0. The fraction of sp³-hybridized carbons (Fsp3) is 0.211. The highest BCUT2D eigenvalue weighted by atomic mass is 16.5. The number of benzene rings is 2. The molecule has 0 unspecified atom stereocenters. The first-order valence-electron chi connectivity index (χ1n) is 7.47. The molecule has 0 aliphatic rings. The molecule has 118 valence electrons. The fourth-order valence-corrected chi connectivity index (χ4v) is 2.60. The number of methoxy groups -OCH3 is 2. The van der Waals surface area contributed by atoms with Crippen molar-refractivity contribution >= 4 is 22.3 Å². The Bertz CT molecular complexity index is 837. The molecule has 0 atom stereocenters. The molecule has 4 nitrogen and oxygen atoms in total. The predicted molar refractivity (Wildman–Crippen MR) is 94.0 cm³/mol. The Hall–Kier alpha value is -2.75. The van der Waals surface area contributed by atoms with Gasteiger partial charge < -0.3 is 14.8 Å². The molecule has 1 N–H and O–H groups in total. The Morgan fingerprint density at radius 1 is 0.913 bits per heavy atom. The lowest BCUT2D eigenvalue weighted by Crippen LogP contribution is -1.96. The van der Waals surface area contributed by atoms with Gasteiger partial charge >= 0.3 is 0 Å². The summed E-state index contributed by atoms with van der Waals surface area (Å²) < 4.78 is 10.7. The molecule has 0 saturated carbocycles. The van der Waals surface area contributed by atoms with Crippen LogP contribution in [0.2, 0.25) is 0 Å². The van der Waals surface area contributed by atoms with Gasteiger partial charge in [0.2, 0.25) is 0 Å². The summed E-state index contributed by atoms with van der Waals surface area (Å²) in [6.45, 7) is 4.20. The quantitative estimate of drug-likeness (QED) is 0.764. The van der Waals surface area contributed by atoms with E-state index in [-0.39, 0.29) is 0 Å². The number of anilines is 2. The Morgan fingerprint density at radius 3 is 2.26 bits per heavy atom. The number of pyridine rings is 1. The maximum absolute atomic E-state index is 5.33. The van der Waals surface area contributed by atoms with Crippen LogP contribution >= 0.6 is 0 Å². The molecule has 0 bridgehead atoms. The van der Waals surface area contributed by atoms with Crippen LogP contribution in [-0.2, 0) is 0 Å². The molecular weight excluding hydrogens is 288 g/mol. The second kappa shape index (κ2) is 6.16. The zero-order chi connectivity index (χ0) is 16.4. The third kappa shape index (κ3) is 2.93. The van der Waals surface area contributed by atoms with Gasteiger partial charge in [-0.15, -0.1) is 0 Å². The number of nitrogens with zero attached hydrogens (tertiary/aromatic N) is 1. The normalized spacial score (nSPS) is 10.6. The number of ether oxygens (including phenoxy) is 2. The number of hydrogen-bond acceptors (Lipinski definition) is 4. The summed E-state index contributed by atoms with van der Waals surface area (Å²) in [4.78, 5) is 4.52. The average Bonchev–Trinajstić information content (AvgIpc) is 2.58. The molecule has 1 aromatic heterocycles. The van der Waals surface area contributed by atoms with E-state index in [1.165, 1.54) is 11.1 Å². The molecule has 23 heavy (non-hydrogen) atoms. The topological polar surface area (TPSA) is 43.4 Å². The summed E-state index contributed by atoms with van der Waals surface area (Å²) in [7, 11) is 3.29. The molecule has 0 fully saturated rings. The van der Waals surface area contributed by atoms with Crippen molar-refractivity contribution in [1.82, 2.24) is 4.98 Å². The predicted octanol–water partition coefficient (Wildman–Crippen LogP) is 4.61. The van der Waals surface area contributed by atoms with Gasteiger partial charge in [0.1, 0.15) is 11.5 Å². The van der Waals surface area contributed by atoms with E-state index in [1.54, 1.807) is 14.2 Å². The van der Waals surface area contributed by atoms with Crippen LogP contribution in [0.1, 0.15) is 11.1 Å². The first kappa shape index (κ1) is 15.2. The van der Waals surface area contributed by atoms with Crippen LogP contribution in [0.15, 0.2) is 42.6 Å². The van der Waals surface area contributed by atoms with Crippen LogP contribution < -0.4 is 14.8 Å². The summed E-state index contributed by atoms with van der Waals surface area (Å²) in [6, 6.07) is 11.9. The smallest absolute Gasteiger partial charge is 0.124 e. The van der Waals surface area contributed by atoms with E-state index in [2.05, 4.69) is 36.3 Å². The van der Waals surface area contributed by atoms with Crippen molar-refractivity contribution in [1.29, 1.82) is 0 Å². The number of fused-ring (bicyclic) bond motifs is 1. The molecule has 1 heterocycles. The molecule has 0 amide bonds. The molecule has 0 radical (unpaired) electrons. The van der Waals surface area contributed by atoms with Gasteiger partial charge in [-0.25, -0.2) is 0 Å². The minimum absolute atomic E-state index is 0.747. The van der Waals surface area contributed by atoms with E-state index in [0.29, 0.717) is 0 Å². The molecule has 0 aliphatic carbocycles. The van der Waals surface area contributed by atoms with E-state index in [1.807, 2.05) is 30.5 Å². The Morgan fingerprint density at radius 2 is 1.61 bits per heavy atom. The summed E-state index contributed by atoms with van der Waals surface area (Å²) in [5, 5.41) is 4.54. The second-order valence-corrected chi connectivity index (χ2v) is 5.49. The Balaban J connectivity index is 2.07. The molecule has 0 aliphatic heterocycles. The molecule has 4 heteroatoms. The lowest BCUT2D eigenvalue weighted by Gasteiger charge is -2.13. The van der Waals surface area contributed by atoms with E-state index in [4.69, 9.17) is 9.47 Å². The number of rotatable bonds is 4. The second-order valence-electron chi connectivity index (χ2n) is 5.49. The van der Waals surface area contributed by atoms with Gasteiger partial charge in [-0.2, -0.15) is 0 Å². The first-order chi connectivity index (χ1) is 11.1. The minimum Gasteiger partial charge on any atom is -0.497 e. The van der Waals surface area contributed by atoms with Crippen molar-refractivity contribution in [3.63, 3.8) is 0 Å². The van der Waals surface area contributed by atoms with Crippen LogP contribution in [0.25, 0.3) is 10.9 Å². The van der Waals surface area contributed by atoms with Gasteiger partial charge in [0.15, 0.2) is 0 Å². The third-order valence-electron chi connectivity index (χ3n) is 4.07. The van der Waals surface area contributed by atoms with Crippen molar-refractivity contribution in [3.05, 3.63) is 53.7 Å². The summed E-state index contributed by atoms with van der Waals surface area (Å²) in [5.41, 5.74) is 5.38.